The fourth-order valence-corrected chi connectivity index (χ4v) is 4.00. The number of esters is 1. The maximum atomic E-state index is 11.9. The van der Waals surface area contributed by atoms with Crippen LogP contribution in [0.2, 0.25) is 0 Å². The number of ether oxygens (including phenoxy) is 2. The van der Waals surface area contributed by atoms with Crippen LogP contribution in [0, 0.1) is 0 Å². The Hall–Kier alpha value is -3.07. The highest BCUT2D eigenvalue weighted by atomic mass is 79.9. The monoisotopic (exact) mass is 487 g/mol. The minimum absolute atomic E-state index is 0.0457. The molecule has 2 aromatic carbocycles. The molecule has 1 aliphatic heterocycles. The first-order valence-electron chi connectivity index (χ1n) is 9.97. The standard InChI is InChI=1S/C22H22BrN3O5/c1-2-30-21(27)9-14-5-3-4-6-20(14)31-13-19-17-10-15(23)7-8-18(17)24-26(19)16-11-25(12-16)22(28)29/h3-8,10,16H,2,9,11-13H2,1H3,(H,28,29). The highest BCUT2D eigenvalue weighted by Crippen LogP contribution is 2.30. The number of halogens is 1. The van der Waals surface area contributed by atoms with Gasteiger partial charge in [-0.1, -0.05) is 34.1 Å². The molecule has 162 valence electrons. The predicted octanol–water partition coefficient (Wildman–Crippen LogP) is 4.02. The molecule has 4 rings (SSSR count). The van der Waals surface area contributed by atoms with Gasteiger partial charge in [-0.25, -0.2) is 4.79 Å². The van der Waals surface area contributed by atoms with Crippen molar-refractivity contribution in [3.05, 3.63) is 58.2 Å². The van der Waals surface area contributed by atoms with Gasteiger partial charge in [0.25, 0.3) is 0 Å². The van der Waals surface area contributed by atoms with Gasteiger partial charge < -0.3 is 19.5 Å². The Morgan fingerprint density at radius 1 is 1.23 bits per heavy atom. The van der Waals surface area contributed by atoms with Crippen molar-refractivity contribution in [3.8, 4) is 5.75 Å². The number of hydrogen-bond donors (Lipinski definition) is 1. The highest BCUT2D eigenvalue weighted by Gasteiger charge is 2.34. The van der Waals surface area contributed by atoms with Gasteiger partial charge in [0.2, 0.25) is 0 Å². The normalized spacial score (nSPS) is 13.8. The van der Waals surface area contributed by atoms with Gasteiger partial charge in [0.1, 0.15) is 12.4 Å². The minimum atomic E-state index is -0.929. The van der Waals surface area contributed by atoms with E-state index in [9.17, 15) is 9.59 Å². The van der Waals surface area contributed by atoms with Crippen LogP contribution in [0.25, 0.3) is 10.9 Å². The molecule has 0 atom stereocenters. The molecule has 0 spiro atoms. The van der Waals surface area contributed by atoms with Gasteiger partial charge in [0, 0.05) is 28.5 Å². The first-order valence-corrected chi connectivity index (χ1v) is 10.8. The zero-order chi connectivity index (χ0) is 22.0. The molecule has 0 unspecified atom stereocenters. The summed E-state index contributed by atoms with van der Waals surface area (Å²) in [5, 5.41) is 14.8. The minimum Gasteiger partial charge on any atom is -0.487 e. The zero-order valence-electron chi connectivity index (χ0n) is 17.0. The van der Waals surface area contributed by atoms with Gasteiger partial charge in [-0.05, 0) is 31.2 Å². The van der Waals surface area contributed by atoms with Crippen LogP contribution >= 0.6 is 15.9 Å². The van der Waals surface area contributed by atoms with E-state index in [1.807, 2.05) is 47.1 Å². The van der Waals surface area contributed by atoms with E-state index in [0.717, 1.165) is 26.6 Å². The van der Waals surface area contributed by atoms with Crippen molar-refractivity contribution < 1.29 is 24.2 Å². The lowest BCUT2D eigenvalue weighted by Gasteiger charge is -2.37. The van der Waals surface area contributed by atoms with Crippen LogP contribution in [-0.2, 0) is 22.6 Å². The van der Waals surface area contributed by atoms with Crippen LogP contribution in [-0.4, -0.2) is 51.5 Å². The number of carbonyl (C=O) groups excluding carboxylic acids is 1. The summed E-state index contributed by atoms with van der Waals surface area (Å²) in [5.74, 6) is 0.299. The second-order valence-electron chi connectivity index (χ2n) is 7.27. The number of rotatable bonds is 7. The molecule has 1 N–H and O–H groups in total. The molecular weight excluding hydrogens is 466 g/mol. The summed E-state index contributed by atoms with van der Waals surface area (Å²) in [7, 11) is 0. The maximum Gasteiger partial charge on any atom is 0.407 e. The fourth-order valence-electron chi connectivity index (χ4n) is 3.64. The molecule has 1 aromatic heterocycles. The van der Waals surface area contributed by atoms with E-state index in [2.05, 4.69) is 15.9 Å². The van der Waals surface area contributed by atoms with Gasteiger partial charge >= 0.3 is 12.1 Å². The summed E-state index contributed by atoms with van der Waals surface area (Å²) >= 11 is 3.51. The smallest absolute Gasteiger partial charge is 0.407 e. The molecule has 1 saturated heterocycles. The predicted molar refractivity (Wildman–Crippen MR) is 117 cm³/mol. The maximum absolute atomic E-state index is 11.9. The lowest BCUT2D eigenvalue weighted by molar-refractivity contribution is -0.142. The van der Waals surface area contributed by atoms with Crippen molar-refractivity contribution in [2.75, 3.05) is 19.7 Å². The van der Waals surface area contributed by atoms with Crippen LogP contribution in [0.15, 0.2) is 46.9 Å². The van der Waals surface area contributed by atoms with E-state index in [-0.39, 0.29) is 25.0 Å². The third-order valence-electron chi connectivity index (χ3n) is 5.22. The molecule has 0 bridgehead atoms. The number of likely N-dealkylation sites (tertiary alicyclic amines) is 1. The Balaban J connectivity index is 1.60. The van der Waals surface area contributed by atoms with Crippen LogP contribution in [0.1, 0.15) is 24.2 Å². The average molecular weight is 488 g/mol. The van der Waals surface area contributed by atoms with Gasteiger partial charge in [-0.2, -0.15) is 5.10 Å². The number of amides is 1. The number of aromatic nitrogens is 2. The summed E-state index contributed by atoms with van der Waals surface area (Å²) in [4.78, 5) is 24.5. The number of hydrogen-bond acceptors (Lipinski definition) is 5. The van der Waals surface area contributed by atoms with Crippen molar-refractivity contribution in [2.45, 2.75) is 26.0 Å². The molecule has 1 aliphatic rings. The number of benzene rings is 2. The van der Waals surface area contributed by atoms with Crippen molar-refractivity contribution in [1.29, 1.82) is 0 Å². The first-order chi connectivity index (χ1) is 15.0. The summed E-state index contributed by atoms with van der Waals surface area (Å²) in [6.45, 7) is 3.11. The zero-order valence-corrected chi connectivity index (χ0v) is 18.5. The second kappa shape index (κ2) is 8.97. The molecule has 1 fully saturated rings. The largest absolute Gasteiger partial charge is 0.487 e. The van der Waals surface area contributed by atoms with Gasteiger partial charge in [0.05, 0.1) is 30.3 Å². The lowest BCUT2D eigenvalue weighted by atomic mass is 10.1. The summed E-state index contributed by atoms with van der Waals surface area (Å²) in [6.07, 6.45) is -0.799. The third-order valence-corrected chi connectivity index (χ3v) is 5.71. The number of nitrogens with zero attached hydrogens (tertiary/aromatic N) is 3. The van der Waals surface area contributed by atoms with Crippen LogP contribution in [0.5, 0.6) is 5.75 Å². The summed E-state index contributed by atoms with van der Waals surface area (Å²) in [6, 6.07) is 13.1. The van der Waals surface area contributed by atoms with Crippen molar-refractivity contribution in [3.63, 3.8) is 0 Å². The third kappa shape index (κ3) is 4.51. The Morgan fingerprint density at radius 3 is 2.74 bits per heavy atom. The van der Waals surface area contributed by atoms with E-state index in [0.29, 0.717) is 25.4 Å². The number of para-hydroxylation sites is 1. The Kier molecular flexibility index (Phi) is 6.13. The fraction of sp³-hybridized carbons (Fsp3) is 0.318. The molecule has 8 nitrogen and oxygen atoms in total. The molecular formula is C22H22BrN3O5. The molecule has 0 radical (unpaired) electrons. The van der Waals surface area contributed by atoms with Crippen molar-refractivity contribution >= 4 is 38.9 Å². The van der Waals surface area contributed by atoms with Crippen LogP contribution in [0.3, 0.4) is 0 Å². The van der Waals surface area contributed by atoms with Crippen molar-refractivity contribution in [2.24, 2.45) is 0 Å². The van der Waals surface area contributed by atoms with E-state index in [1.54, 1.807) is 6.92 Å². The quantitative estimate of drug-likeness (QED) is 0.505. The molecule has 1 amide bonds. The molecule has 2 heterocycles. The average Bonchev–Trinajstić information content (AvgIpc) is 3.03. The molecule has 0 saturated carbocycles. The summed E-state index contributed by atoms with van der Waals surface area (Å²) in [5.41, 5.74) is 2.42. The Labute approximate surface area is 187 Å². The summed E-state index contributed by atoms with van der Waals surface area (Å²) < 4.78 is 14.0. The number of carbonyl (C=O) groups is 2. The van der Waals surface area contributed by atoms with Gasteiger partial charge in [-0.15, -0.1) is 0 Å². The second-order valence-corrected chi connectivity index (χ2v) is 8.19. The molecule has 9 heteroatoms. The van der Waals surface area contributed by atoms with Gasteiger partial charge in [0.15, 0.2) is 0 Å². The SMILES string of the molecule is CCOC(=O)Cc1ccccc1OCc1c2cc(Br)ccc2nn1C1CN(C(=O)O)C1. The topological polar surface area (TPSA) is 93.9 Å². The van der Waals surface area contributed by atoms with E-state index in [4.69, 9.17) is 19.7 Å². The molecule has 31 heavy (non-hydrogen) atoms. The molecule has 3 aromatic rings. The van der Waals surface area contributed by atoms with Crippen LogP contribution in [0.4, 0.5) is 4.79 Å². The highest BCUT2D eigenvalue weighted by molar-refractivity contribution is 9.10. The van der Waals surface area contributed by atoms with Crippen molar-refractivity contribution in [1.82, 2.24) is 14.7 Å². The Bertz CT molecular complexity index is 1120. The van der Waals surface area contributed by atoms with Crippen LogP contribution < -0.4 is 4.74 Å². The van der Waals surface area contributed by atoms with E-state index in [1.165, 1.54) is 4.90 Å². The van der Waals surface area contributed by atoms with Gasteiger partial charge in [-0.3, -0.25) is 9.48 Å². The number of carboxylic acid groups (broad SMARTS) is 1. The number of fused-ring (bicyclic) bond motifs is 1. The molecule has 0 aliphatic carbocycles. The first kappa shape index (κ1) is 21.2. The van der Waals surface area contributed by atoms with E-state index < -0.39 is 6.09 Å². The van der Waals surface area contributed by atoms with E-state index >= 15 is 0 Å². The Morgan fingerprint density at radius 2 is 2.00 bits per heavy atom. The lowest BCUT2D eigenvalue weighted by Crippen LogP contribution is -2.50.